The molecule has 0 unspecified atom stereocenters. The number of hydrogen-bond donors (Lipinski definition) is 0. The monoisotopic (exact) mass is 277 g/mol. The first kappa shape index (κ1) is 12.6. The lowest BCUT2D eigenvalue weighted by molar-refractivity contribution is 0.354. The molecule has 0 N–H and O–H groups in total. The normalized spacial score (nSPS) is 16.4. The molecule has 0 amide bonds. The van der Waals surface area contributed by atoms with Crippen molar-refractivity contribution in [3.8, 4) is 22.8 Å². The van der Waals surface area contributed by atoms with Crippen LogP contribution in [0.1, 0.15) is 38.1 Å². The molecule has 1 fully saturated rings. The van der Waals surface area contributed by atoms with Crippen molar-refractivity contribution in [2.45, 2.75) is 38.1 Å². The van der Waals surface area contributed by atoms with E-state index in [-0.39, 0.29) is 0 Å². The Labute approximate surface area is 125 Å². The van der Waals surface area contributed by atoms with Crippen molar-refractivity contribution in [2.75, 3.05) is 0 Å². The van der Waals surface area contributed by atoms with Gasteiger partial charge in [-0.05, 0) is 18.9 Å². The van der Waals surface area contributed by atoms with Crippen LogP contribution in [0.15, 0.2) is 48.8 Å². The van der Waals surface area contributed by atoms with Gasteiger partial charge in [0.15, 0.2) is 5.82 Å². The number of benzene rings is 1. The standard InChI is InChI=1S/C18H19N3/c1-3-7-14(8-4-1)16-13-21(15-9-5-2-6-10-15)17-11-12-19-18(17)20-16/h1,3-4,7-8,11-13,15H,2,5-6,9-10H2. The van der Waals surface area contributed by atoms with Gasteiger partial charge in [-0.25, -0.2) is 9.97 Å². The zero-order chi connectivity index (χ0) is 14.1. The summed E-state index contributed by atoms with van der Waals surface area (Å²) in [5.41, 5.74) is 3.35. The largest absolute Gasteiger partial charge is 0.340 e. The summed E-state index contributed by atoms with van der Waals surface area (Å²) in [5.74, 6) is 0.863. The van der Waals surface area contributed by atoms with Crippen molar-refractivity contribution in [3.63, 3.8) is 0 Å². The Morgan fingerprint density at radius 1 is 0.952 bits per heavy atom. The Hall–Kier alpha value is -2.16. The van der Waals surface area contributed by atoms with Crippen LogP contribution in [0.3, 0.4) is 0 Å². The first-order valence-corrected chi connectivity index (χ1v) is 7.81. The second kappa shape index (κ2) is 5.32. The predicted molar refractivity (Wildman–Crippen MR) is 84.2 cm³/mol. The minimum atomic E-state index is 0.593. The fraction of sp³-hybridized carbons (Fsp3) is 0.333. The Bertz CT molecular complexity index is 696. The summed E-state index contributed by atoms with van der Waals surface area (Å²) >= 11 is 0. The highest BCUT2D eigenvalue weighted by atomic mass is 15.1. The van der Waals surface area contributed by atoms with Gasteiger partial charge in [0.25, 0.3) is 0 Å². The van der Waals surface area contributed by atoms with Crippen LogP contribution in [0.25, 0.3) is 22.8 Å². The van der Waals surface area contributed by atoms with Crippen molar-refractivity contribution in [2.24, 2.45) is 0 Å². The third-order valence-electron chi connectivity index (χ3n) is 4.46. The van der Waals surface area contributed by atoms with Gasteiger partial charge >= 0.3 is 0 Å². The van der Waals surface area contributed by atoms with Gasteiger partial charge in [-0.2, -0.15) is 0 Å². The van der Waals surface area contributed by atoms with Crippen LogP contribution < -0.4 is 0 Å². The van der Waals surface area contributed by atoms with E-state index >= 15 is 0 Å². The van der Waals surface area contributed by atoms with Crippen LogP contribution in [-0.2, 0) is 0 Å². The number of aromatic nitrogens is 3. The van der Waals surface area contributed by atoms with Gasteiger partial charge < -0.3 is 4.57 Å². The van der Waals surface area contributed by atoms with E-state index in [4.69, 9.17) is 4.98 Å². The van der Waals surface area contributed by atoms with Gasteiger partial charge in [-0.1, -0.05) is 49.6 Å². The number of fused-ring (bicyclic) bond motifs is 1. The summed E-state index contributed by atoms with van der Waals surface area (Å²) < 4.78 is 2.41. The number of hydrogen-bond acceptors (Lipinski definition) is 2. The highest BCUT2D eigenvalue weighted by Gasteiger charge is 2.21. The molecule has 0 spiro atoms. The zero-order valence-electron chi connectivity index (χ0n) is 12.1. The maximum atomic E-state index is 4.73. The molecular weight excluding hydrogens is 258 g/mol. The van der Waals surface area contributed by atoms with Crippen molar-refractivity contribution in [1.82, 2.24) is 14.5 Å². The van der Waals surface area contributed by atoms with Crippen molar-refractivity contribution < 1.29 is 0 Å². The molecule has 0 atom stereocenters. The summed E-state index contributed by atoms with van der Waals surface area (Å²) in [7, 11) is 0. The average molecular weight is 277 g/mol. The number of rotatable bonds is 2. The molecule has 3 nitrogen and oxygen atoms in total. The fourth-order valence-electron chi connectivity index (χ4n) is 3.36. The van der Waals surface area contributed by atoms with Crippen molar-refractivity contribution in [3.05, 3.63) is 48.8 Å². The van der Waals surface area contributed by atoms with Crippen LogP contribution in [0.5, 0.6) is 0 Å². The zero-order valence-corrected chi connectivity index (χ0v) is 12.1. The van der Waals surface area contributed by atoms with Gasteiger partial charge in [0.05, 0.1) is 11.4 Å². The van der Waals surface area contributed by atoms with Gasteiger partial charge in [0.2, 0.25) is 0 Å². The summed E-state index contributed by atoms with van der Waals surface area (Å²) in [5, 5.41) is 0. The minimum Gasteiger partial charge on any atom is -0.340 e. The molecule has 4 rings (SSSR count). The van der Waals surface area contributed by atoms with Crippen LogP contribution in [0.2, 0.25) is 0 Å². The first-order chi connectivity index (χ1) is 10.4. The molecule has 0 bridgehead atoms. The Balaban J connectivity index is 1.84. The summed E-state index contributed by atoms with van der Waals surface area (Å²) in [6, 6.07) is 13.1. The molecule has 3 aliphatic rings. The van der Waals surface area contributed by atoms with E-state index in [0.717, 1.165) is 17.1 Å². The fourth-order valence-corrected chi connectivity index (χ4v) is 3.36. The van der Waals surface area contributed by atoms with E-state index in [1.165, 1.54) is 37.8 Å². The van der Waals surface area contributed by atoms with E-state index in [9.17, 15) is 0 Å². The topological polar surface area (TPSA) is 30.7 Å². The maximum absolute atomic E-state index is 4.73. The molecule has 3 heteroatoms. The first-order valence-electron chi connectivity index (χ1n) is 7.81. The Morgan fingerprint density at radius 3 is 2.57 bits per heavy atom. The van der Waals surface area contributed by atoms with Gasteiger partial charge in [-0.15, -0.1) is 0 Å². The van der Waals surface area contributed by atoms with E-state index < -0.39 is 0 Å². The summed E-state index contributed by atoms with van der Waals surface area (Å²) in [4.78, 5) is 9.16. The minimum absolute atomic E-state index is 0.593. The van der Waals surface area contributed by atoms with Crippen molar-refractivity contribution in [1.29, 1.82) is 0 Å². The molecule has 106 valence electrons. The summed E-state index contributed by atoms with van der Waals surface area (Å²) in [6.45, 7) is 0. The van der Waals surface area contributed by atoms with Crippen LogP contribution in [0, 0.1) is 0 Å². The van der Waals surface area contributed by atoms with Gasteiger partial charge in [-0.3, -0.25) is 0 Å². The smallest absolute Gasteiger partial charge is 0.176 e. The van der Waals surface area contributed by atoms with Crippen LogP contribution in [0.4, 0.5) is 0 Å². The molecule has 0 saturated heterocycles. The number of nitrogens with zero attached hydrogens (tertiary/aromatic N) is 3. The Kier molecular flexibility index (Phi) is 3.18. The van der Waals surface area contributed by atoms with E-state index in [1.54, 1.807) is 0 Å². The molecule has 1 aromatic carbocycles. The molecule has 21 heavy (non-hydrogen) atoms. The Morgan fingerprint density at radius 2 is 1.76 bits per heavy atom. The van der Waals surface area contributed by atoms with E-state index in [2.05, 4.69) is 46.1 Å². The molecule has 2 heterocycles. The lowest BCUT2D eigenvalue weighted by Crippen LogP contribution is -2.16. The average Bonchev–Trinajstić information content (AvgIpc) is 3.04. The molecule has 1 saturated carbocycles. The lowest BCUT2D eigenvalue weighted by Gasteiger charge is -2.27. The van der Waals surface area contributed by atoms with Gasteiger partial charge in [0.1, 0.15) is 0 Å². The molecule has 1 aliphatic carbocycles. The second-order valence-electron chi connectivity index (χ2n) is 5.84. The third-order valence-corrected chi connectivity index (χ3v) is 4.46. The SMILES string of the molecule is c1ccc(-c2cn(C3CCCCC3)c3ccnc-3n2)cc1. The van der Waals surface area contributed by atoms with Crippen LogP contribution >= 0.6 is 0 Å². The summed E-state index contributed by atoms with van der Waals surface area (Å²) in [6.07, 6.45) is 10.6. The van der Waals surface area contributed by atoms with E-state index in [0.29, 0.717) is 6.04 Å². The maximum Gasteiger partial charge on any atom is 0.176 e. The highest BCUT2D eigenvalue weighted by Crippen LogP contribution is 2.34. The molecular formula is C18H19N3. The quantitative estimate of drug-likeness (QED) is 0.687. The molecule has 2 aliphatic heterocycles. The molecule has 0 radical (unpaired) electrons. The molecule has 1 aromatic rings. The van der Waals surface area contributed by atoms with E-state index in [1.807, 2.05) is 12.3 Å². The second-order valence-corrected chi connectivity index (χ2v) is 5.84. The van der Waals surface area contributed by atoms with Crippen LogP contribution in [-0.4, -0.2) is 14.5 Å². The highest BCUT2D eigenvalue weighted by molar-refractivity contribution is 5.63. The molecule has 0 aromatic heterocycles. The van der Waals surface area contributed by atoms with Gasteiger partial charge in [0, 0.05) is 24.0 Å². The lowest BCUT2D eigenvalue weighted by atomic mass is 9.95. The predicted octanol–water partition coefficient (Wildman–Crippen LogP) is 4.56. The third kappa shape index (κ3) is 2.33. The van der Waals surface area contributed by atoms with Crippen molar-refractivity contribution >= 4 is 0 Å².